The van der Waals surface area contributed by atoms with E-state index in [9.17, 15) is 0 Å². The molecule has 0 fully saturated rings. The number of fused-ring (bicyclic) bond motifs is 1. The highest BCUT2D eigenvalue weighted by molar-refractivity contribution is 7.20. The standard InChI is InChI=1S/C19H16N4OS/c20-19(21)18-10-14-4-7-16(11-17(14)25-18)24-12-13-2-5-15(6-3-13)23-9-1-8-22-23/h1-11H,12H2,(H3,20,21). The molecule has 0 aliphatic rings. The van der Waals surface area contributed by atoms with Crippen LogP contribution in [-0.4, -0.2) is 15.6 Å². The quantitative estimate of drug-likeness (QED) is 0.423. The molecule has 0 aliphatic carbocycles. The van der Waals surface area contributed by atoms with Crippen molar-refractivity contribution in [2.75, 3.05) is 0 Å². The van der Waals surface area contributed by atoms with Crippen LogP contribution < -0.4 is 10.5 Å². The first-order chi connectivity index (χ1) is 12.2. The van der Waals surface area contributed by atoms with E-state index >= 15 is 0 Å². The van der Waals surface area contributed by atoms with E-state index < -0.39 is 0 Å². The fourth-order valence-corrected chi connectivity index (χ4v) is 3.52. The molecule has 0 saturated heterocycles. The number of thiophene rings is 1. The smallest absolute Gasteiger partial charge is 0.133 e. The van der Waals surface area contributed by atoms with Gasteiger partial charge < -0.3 is 10.5 Å². The molecule has 25 heavy (non-hydrogen) atoms. The summed E-state index contributed by atoms with van der Waals surface area (Å²) in [5.41, 5.74) is 7.66. The Hall–Kier alpha value is -3.12. The van der Waals surface area contributed by atoms with E-state index in [0.717, 1.165) is 32.0 Å². The third kappa shape index (κ3) is 3.25. The summed E-state index contributed by atoms with van der Waals surface area (Å²) in [4.78, 5) is 0.779. The highest BCUT2D eigenvalue weighted by atomic mass is 32.1. The van der Waals surface area contributed by atoms with Crippen molar-refractivity contribution in [2.24, 2.45) is 5.73 Å². The molecule has 0 bridgehead atoms. The van der Waals surface area contributed by atoms with E-state index in [-0.39, 0.29) is 5.84 Å². The van der Waals surface area contributed by atoms with Crippen LogP contribution in [0, 0.1) is 5.41 Å². The number of ether oxygens (including phenoxy) is 1. The van der Waals surface area contributed by atoms with Crippen LogP contribution in [0.25, 0.3) is 15.8 Å². The van der Waals surface area contributed by atoms with Gasteiger partial charge in [0.05, 0.1) is 10.6 Å². The number of nitrogens with zero attached hydrogens (tertiary/aromatic N) is 2. The maximum Gasteiger partial charge on any atom is 0.133 e. The second-order valence-corrected chi connectivity index (χ2v) is 6.71. The number of amidine groups is 1. The van der Waals surface area contributed by atoms with Crippen LogP contribution in [0.15, 0.2) is 67.0 Å². The lowest BCUT2D eigenvalue weighted by Gasteiger charge is -2.07. The van der Waals surface area contributed by atoms with Crippen LogP contribution in [0.3, 0.4) is 0 Å². The molecule has 5 nitrogen and oxygen atoms in total. The summed E-state index contributed by atoms with van der Waals surface area (Å²) in [6, 6.07) is 17.9. The van der Waals surface area contributed by atoms with Crippen molar-refractivity contribution in [3.63, 3.8) is 0 Å². The molecule has 0 amide bonds. The van der Waals surface area contributed by atoms with Crippen molar-refractivity contribution in [1.29, 1.82) is 5.41 Å². The zero-order valence-corrected chi connectivity index (χ0v) is 14.2. The third-order valence-electron chi connectivity index (χ3n) is 3.87. The Kier molecular flexibility index (Phi) is 3.95. The first-order valence-electron chi connectivity index (χ1n) is 7.79. The van der Waals surface area contributed by atoms with Gasteiger partial charge in [0.2, 0.25) is 0 Å². The number of aromatic nitrogens is 2. The molecule has 0 unspecified atom stereocenters. The summed E-state index contributed by atoms with van der Waals surface area (Å²) >= 11 is 1.50. The van der Waals surface area contributed by atoms with Gasteiger partial charge in [-0.25, -0.2) is 4.68 Å². The third-order valence-corrected chi connectivity index (χ3v) is 5.00. The number of rotatable bonds is 5. The molecule has 2 heterocycles. The minimum absolute atomic E-state index is 0.0981. The van der Waals surface area contributed by atoms with Gasteiger partial charge in [-0.2, -0.15) is 5.10 Å². The van der Waals surface area contributed by atoms with E-state index in [2.05, 4.69) is 5.10 Å². The topological polar surface area (TPSA) is 76.9 Å². The molecule has 0 saturated carbocycles. The second kappa shape index (κ2) is 6.41. The molecule has 4 rings (SSSR count). The van der Waals surface area contributed by atoms with Gasteiger partial charge in [0.15, 0.2) is 0 Å². The minimum atomic E-state index is 0.0981. The van der Waals surface area contributed by atoms with Crippen LogP contribution in [-0.2, 0) is 6.61 Å². The Morgan fingerprint density at radius 1 is 1.16 bits per heavy atom. The van der Waals surface area contributed by atoms with E-state index in [4.69, 9.17) is 15.9 Å². The zero-order chi connectivity index (χ0) is 17.2. The van der Waals surface area contributed by atoms with Crippen LogP contribution in [0.4, 0.5) is 0 Å². The molecule has 4 aromatic rings. The normalized spacial score (nSPS) is 10.9. The predicted molar refractivity (Wildman–Crippen MR) is 101 cm³/mol. The molecule has 2 aromatic heterocycles. The summed E-state index contributed by atoms with van der Waals surface area (Å²) in [7, 11) is 0. The number of nitrogens with two attached hydrogens (primary N) is 1. The number of hydrogen-bond donors (Lipinski definition) is 2. The molecule has 0 radical (unpaired) electrons. The lowest BCUT2D eigenvalue weighted by atomic mass is 10.2. The Morgan fingerprint density at radius 3 is 2.72 bits per heavy atom. The Balaban J connectivity index is 1.47. The maximum atomic E-state index is 7.53. The molecule has 124 valence electrons. The fourth-order valence-electron chi connectivity index (χ4n) is 2.57. The van der Waals surface area contributed by atoms with Gasteiger partial charge in [0.1, 0.15) is 18.2 Å². The van der Waals surface area contributed by atoms with Gasteiger partial charge in [-0.1, -0.05) is 12.1 Å². The van der Waals surface area contributed by atoms with E-state index in [0.29, 0.717) is 6.61 Å². The highest BCUT2D eigenvalue weighted by Gasteiger charge is 2.06. The minimum Gasteiger partial charge on any atom is -0.489 e. The Labute approximate surface area is 148 Å². The lowest BCUT2D eigenvalue weighted by molar-refractivity contribution is 0.306. The van der Waals surface area contributed by atoms with Crippen LogP contribution in [0.2, 0.25) is 0 Å². The van der Waals surface area contributed by atoms with Crippen molar-refractivity contribution in [3.05, 3.63) is 77.4 Å². The Bertz CT molecular complexity index is 1020. The lowest BCUT2D eigenvalue weighted by Crippen LogP contribution is -2.08. The maximum absolute atomic E-state index is 7.53. The molecule has 0 aliphatic heterocycles. The van der Waals surface area contributed by atoms with Crippen molar-refractivity contribution < 1.29 is 4.74 Å². The monoisotopic (exact) mass is 348 g/mol. The SMILES string of the molecule is N=C(N)c1cc2ccc(OCc3ccc(-n4cccn4)cc3)cc2s1. The molecule has 6 heteroatoms. The highest BCUT2D eigenvalue weighted by Crippen LogP contribution is 2.29. The molecular weight excluding hydrogens is 332 g/mol. The van der Waals surface area contributed by atoms with E-state index in [1.54, 1.807) is 6.20 Å². The van der Waals surface area contributed by atoms with Crippen LogP contribution in [0.1, 0.15) is 10.4 Å². The molecule has 3 N–H and O–H groups in total. The van der Waals surface area contributed by atoms with Gasteiger partial charge in [0, 0.05) is 17.1 Å². The van der Waals surface area contributed by atoms with E-state index in [1.165, 1.54) is 11.3 Å². The molecular formula is C19H16N4OS. The number of nitrogen functional groups attached to an aromatic ring is 1. The van der Waals surface area contributed by atoms with Crippen molar-refractivity contribution in [1.82, 2.24) is 9.78 Å². The number of hydrogen-bond acceptors (Lipinski definition) is 4. The van der Waals surface area contributed by atoms with Crippen molar-refractivity contribution >= 4 is 27.3 Å². The number of nitrogens with one attached hydrogen (secondary N) is 1. The average Bonchev–Trinajstić information content (AvgIpc) is 3.29. The summed E-state index contributed by atoms with van der Waals surface area (Å²) in [5.74, 6) is 0.904. The molecule has 0 atom stereocenters. The van der Waals surface area contributed by atoms with Crippen molar-refractivity contribution in [3.8, 4) is 11.4 Å². The van der Waals surface area contributed by atoms with Gasteiger partial charge in [-0.3, -0.25) is 5.41 Å². The average molecular weight is 348 g/mol. The van der Waals surface area contributed by atoms with Gasteiger partial charge >= 0.3 is 0 Å². The van der Waals surface area contributed by atoms with Crippen LogP contribution >= 0.6 is 11.3 Å². The first kappa shape index (κ1) is 15.4. The summed E-state index contributed by atoms with van der Waals surface area (Å²) in [5, 5.41) is 12.8. The summed E-state index contributed by atoms with van der Waals surface area (Å²) < 4.78 is 8.79. The predicted octanol–water partition coefficient (Wildman–Crippen LogP) is 3.95. The van der Waals surface area contributed by atoms with Gasteiger partial charge in [-0.05, 0) is 53.4 Å². The summed E-state index contributed by atoms with van der Waals surface area (Å²) in [6.07, 6.45) is 3.67. The van der Waals surface area contributed by atoms with Crippen molar-refractivity contribution in [2.45, 2.75) is 6.61 Å². The first-order valence-corrected chi connectivity index (χ1v) is 8.60. The van der Waals surface area contributed by atoms with Crippen LogP contribution in [0.5, 0.6) is 5.75 Å². The molecule has 0 spiro atoms. The summed E-state index contributed by atoms with van der Waals surface area (Å²) in [6.45, 7) is 0.496. The van der Waals surface area contributed by atoms with E-state index in [1.807, 2.05) is 65.5 Å². The fraction of sp³-hybridized carbons (Fsp3) is 0.0526. The number of benzene rings is 2. The van der Waals surface area contributed by atoms with Gasteiger partial charge in [-0.15, -0.1) is 11.3 Å². The van der Waals surface area contributed by atoms with Gasteiger partial charge in [0.25, 0.3) is 0 Å². The Morgan fingerprint density at radius 2 is 2.00 bits per heavy atom. The molecule has 2 aromatic carbocycles. The second-order valence-electron chi connectivity index (χ2n) is 5.63. The zero-order valence-electron chi connectivity index (χ0n) is 13.3. The largest absolute Gasteiger partial charge is 0.489 e.